The molecule has 8 nitrogen and oxygen atoms in total. The lowest BCUT2D eigenvalue weighted by Crippen LogP contribution is -2.47. The number of likely N-dealkylation sites (tertiary alicyclic amines) is 2. The molecule has 0 spiro atoms. The van der Waals surface area contributed by atoms with Gasteiger partial charge in [-0.1, -0.05) is 6.92 Å². The minimum Gasteiger partial charge on any atom is -0.342 e. The zero-order valence-electron chi connectivity index (χ0n) is 14.5. The van der Waals surface area contributed by atoms with Gasteiger partial charge in [0.1, 0.15) is 12.4 Å². The van der Waals surface area contributed by atoms with Gasteiger partial charge in [0.25, 0.3) is 0 Å². The van der Waals surface area contributed by atoms with Crippen molar-refractivity contribution in [3.05, 3.63) is 5.82 Å². The van der Waals surface area contributed by atoms with Gasteiger partial charge < -0.3 is 9.80 Å². The van der Waals surface area contributed by atoms with Gasteiger partial charge in [0.05, 0.1) is 0 Å². The Kier molecular flexibility index (Phi) is 5.11. The monoisotopic (exact) mass is 334 g/mol. The molecule has 2 amide bonds. The van der Waals surface area contributed by atoms with Gasteiger partial charge in [-0.25, -0.2) is 4.68 Å². The second kappa shape index (κ2) is 7.27. The zero-order valence-corrected chi connectivity index (χ0v) is 14.5. The number of hydrogen-bond donors (Lipinski definition) is 0. The molecule has 0 radical (unpaired) electrons. The summed E-state index contributed by atoms with van der Waals surface area (Å²) in [6, 6.07) is 0. The highest BCUT2D eigenvalue weighted by molar-refractivity contribution is 5.80. The van der Waals surface area contributed by atoms with E-state index in [1.807, 2.05) is 9.80 Å². The second-order valence-electron chi connectivity index (χ2n) is 7.07. The maximum atomic E-state index is 12.7. The van der Waals surface area contributed by atoms with Crippen molar-refractivity contribution in [2.24, 2.45) is 11.8 Å². The van der Waals surface area contributed by atoms with Crippen molar-refractivity contribution in [3.63, 3.8) is 0 Å². The maximum absolute atomic E-state index is 12.7. The molecule has 1 aromatic rings. The Morgan fingerprint density at radius 1 is 1.12 bits per heavy atom. The van der Waals surface area contributed by atoms with Crippen molar-refractivity contribution in [2.75, 3.05) is 26.2 Å². The van der Waals surface area contributed by atoms with Gasteiger partial charge in [-0.05, 0) is 49.0 Å². The number of piperidine rings is 2. The molecule has 132 valence electrons. The molecular weight excluding hydrogens is 308 g/mol. The smallest absolute Gasteiger partial charge is 0.244 e. The summed E-state index contributed by atoms with van der Waals surface area (Å²) in [6.45, 7) is 7.21. The third kappa shape index (κ3) is 3.73. The lowest BCUT2D eigenvalue weighted by atomic mass is 9.92. The average Bonchev–Trinajstić information content (AvgIpc) is 2.99. The van der Waals surface area contributed by atoms with E-state index < -0.39 is 0 Å². The van der Waals surface area contributed by atoms with Gasteiger partial charge in [0, 0.05) is 32.1 Å². The first-order valence-corrected chi connectivity index (χ1v) is 8.84. The topological polar surface area (TPSA) is 84.2 Å². The third-order valence-corrected chi connectivity index (χ3v) is 5.16. The van der Waals surface area contributed by atoms with Crippen LogP contribution in [0.4, 0.5) is 0 Å². The number of carbonyl (C=O) groups excluding carboxylic acids is 2. The van der Waals surface area contributed by atoms with Crippen molar-refractivity contribution in [2.45, 2.75) is 46.1 Å². The Morgan fingerprint density at radius 3 is 2.50 bits per heavy atom. The number of aromatic nitrogens is 4. The van der Waals surface area contributed by atoms with Crippen LogP contribution in [0.15, 0.2) is 0 Å². The highest BCUT2D eigenvalue weighted by atomic mass is 16.2. The fraction of sp³-hybridized carbons (Fsp3) is 0.812. The fourth-order valence-corrected chi connectivity index (χ4v) is 3.65. The van der Waals surface area contributed by atoms with Crippen LogP contribution < -0.4 is 0 Å². The summed E-state index contributed by atoms with van der Waals surface area (Å²) in [5.74, 6) is 1.60. The molecule has 0 N–H and O–H groups in total. The minimum absolute atomic E-state index is 0.0166. The van der Waals surface area contributed by atoms with Gasteiger partial charge in [-0.3, -0.25) is 9.59 Å². The van der Waals surface area contributed by atoms with Crippen LogP contribution in [0.1, 0.15) is 38.4 Å². The van der Waals surface area contributed by atoms with E-state index in [4.69, 9.17) is 0 Å². The highest BCUT2D eigenvalue weighted by Crippen LogP contribution is 2.23. The predicted molar refractivity (Wildman–Crippen MR) is 86.8 cm³/mol. The van der Waals surface area contributed by atoms with Crippen LogP contribution in [0.5, 0.6) is 0 Å². The van der Waals surface area contributed by atoms with Gasteiger partial charge in [0.15, 0.2) is 0 Å². The van der Waals surface area contributed by atoms with E-state index in [9.17, 15) is 9.59 Å². The standard InChI is InChI=1S/C16H26N6O2/c1-12-4-3-7-21(10-12)16(24)14-5-8-20(9-6-14)15(23)11-22-13(2)17-18-19-22/h12,14H,3-11H2,1-2H3. The molecule has 2 aliphatic heterocycles. The average molecular weight is 334 g/mol. The fourth-order valence-electron chi connectivity index (χ4n) is 3.65. The first-order chi connectivity index (χ1) is 11.5. The van der Waals surface area contributed by atoms with E-state index in [0.717, 1.165) is 32.4 Å². The molecule has 1 unspecified atom stereocenters. The van der Waals surface area contributed by atoms with Crippen LogP contribution in [0.25, 0.3) is 0 Å². The van der Waals surface area contributed by atoms with Crippen molar-refractivity contribution < 1.29 is 9.59 Å². The number of amides is 2. The van der Waals surface area contributed by atoms with E-state index in [2.05, 4.69) is 22.4 Å². The van der Waals surface area contributed by atoms with Crippen LogP contribution >= 0.6 is 0 Å². The second-order valence-corrected chi connectivity index (χ2v) is 7.07. The summed E-state index contributed by atoms with van der Waals surface area (Å²) >= 11 is 0. The number of hydrogen-bond acceptors (Lipinski definition) is 5. The Morgan fingerprint density at radius 2 is 1.88 bits per heavy atom. The molecule has 0 aliphatic carbocycles. The molecule has 3 heterocycles. The Hall–Kier alpha value is -1.99. The van der Waals surface area contributed by atoms with E-state index in [-0.39, 0.29) is 24.3 Å². The predicted octanol–water partition coefficient (Wildman–Crippen LogP) is 0.479. The quantitative estimate of drug-likeness (QED) is 0.803. The molecule has 3 rings (SSSR count). The Labute approximate surface area is 142 Å². The Bertz CT molecular complexity index is 593. The zero-order chi connectivity index (χ0) is 17.1. The van der Waals surface area contributed by atoms with Gasteiger partial charge >= 0.3 is 0 Å². The van der Waals surface area contributed by atoms with E-state index in [1.165, 1.54) is 11.1 Å². The summed E-state index contributed by atoms with van der Waals surface area (Å²) < 4.78 is 1.51. The molecule has 0 saturated carbocycles. The molecule has 24 heavy (non-hydrogen) atoms. The van der Waals surface area contributed by atoms with E-state index in [0.29, 0.717) is 24.8 Å². The number of rotatable bonds is 3. The van der Waals surface area contributed by atoms with Crippen molar-refractivity contribution in [3.8, 4) is 0 Å². The summed E-state index contributed by atoms with van der Waals surface area (Å²) in [7, 11) is 0. The van der Waals surface area contributed by atoms with Gasteiger partial charge in [-0.2, -0.15) is 0 Å². The number of carbonyl (C=O) groups is 2. The van der Waals surface area contributed by atoms with Gasteiger partial charge in [-0.15, -0.1) is 5.10 Å². The first-order valence-electron chi connectivity index (χ1n) is 8.84. The van der Waals surface area contributed by atoms with Crippen molar-refractivity contribution >= 4 is 11.8 Å². The largest absolute Gasteiger partial charge is 0.342 e. The molecule has 1 aromatic heterocycles. The molecule has 2 fully saturated rings. The minimum atomic E-state index is 0.0166. The maximum Gasteiger partial charge on any atom is 0.244 e. The van der Waals surface area contributed by atoms with Crippen molar-refractivity contribution in [1.29, 1.82) is 0 Å². The summed E-state index contributed by atoms with van der Waals surface area (Å²) in [4.78, 5) is 28.9. The van der Waals surface area contributed by atoms with Crippen LogP contribution in [0.2, 0.25) is 0 Å². The third-order valence-electron chi connectivity index (χ3n) is 5.16. The van der Waals surface area contributed by atoms with Gasteiger partial charge in [0.2, 0.25) is 11.8 Å². The highest BCUT2D eigenvalue weighted by Gasteiger charge is 2.31. The van der Waals surface area contributed by atoms with Crippen LogP contribution in [0, 0.1) is 18.8 Å². The summed E-state index contributed by atoms with van der Waals surface area (Å²) in [5.41, 5.74) is 0. The van der Waals surface area contributed by atoms with E-state index in [1.54, 1.807) is 6.92 Å². The SMILES string of the molecule is Cc1nnnn1CC(=O)N1CCC(C(=O)N2CCCC(C)C2)CC1. The van der Waals surface area contributed by atoms with Crippen LogP contribution in [0.3, 0.4) is 0 Å². The van der Waals surface area contributed by atoms with Crippen LogP contribution in [-0.2, 0) is 16.1 Å². The van der Waals surface area contributed by atoms with E-state index >= 15 is 0 Å². The molecule has 8 heteroatoms. The van der Waals surface area contributed by atoms with Crippen LogP contribution in [-0.4, -0.2) is 68.0 Å². The number of nitrogens with zero attached hydrogens (tertiary/aromatic N) is 6. The summed E-state index contributed by atoms with van der Waals surface area (Å²) in [6.07, 6.45) is 3.83. The number of tetrazole rings is 1. The molecule has 2 aliphatic rings. The first kappa shape index (κ1) is 16.9. The summed E-state index contributed by atoms with van der Waals surface area (Å²) in [5, 5.41) is 11.2. The molecular formula is C16H26N6O2. The molecule has 2 saturated heterocycles. The van der Waals surface area contributed by atoms with Crippen molar-refractivity contribution in [1.82, 2.24) is 30.0 Å². The lowest BCUT2D eigenvalue weighted by Gasteiger charge is -2.37. The molecule has 0 aromatic carbocycles. The number of aryl methyl sites for hydroxylation is 1. The lowest BCUT2D eigenvalue weighted by molar-refractivity contribution is -0.142. The molecule has 0 bridgehead atoms. The Balaban J connectivity index is 1.49. The molecule has 1 atom stereocenters. The normalized spacial score (nSPS) is 22.7.